The minimum absolute atomic E-state index is 0.251. The summed E-state index contributed by atoms with van der Waals surface area (Å²) in [5.41, 5.74) is 8.33. The second kappa shape index (κ2) is 4.65. The van der Waals surface area contributed by atoms with Crippen LogP contribution < -0.4 is 5.73 Å². The molecule has 0 aromatic carbocycles. The third-order valence-electron chi connectivity index (χ3n) is 3.01. The molecule has 0 fully saturated rings. The van der Waals surface area contributed by atoms with E-state index in [9.17, 15) is 0 Å². The molecule has 0 bridgehead atoms. The first-order valence-corrected chi connectivity index (χ1v) is 7.29. The second-order valence-corrected chi connectivity index (χ2v) is 5.55. The predicted octanol–water partition coefficient (Wildman–Crippen LogP) is 3.85. The van der Waals surface area contributed by atoms with Crippen LogP contribution in [0, 0.1) is 0 Å². The van der Waals surface area contributed by atoms with Gasteiger partial charge in [0.25, 0.3) is 0 Å². The van der Waals surface area contributed by atoms with Gasteiger partial charge in [0.15, 0.2) is 0 Å². The Kier molecular flexibility index (Phi) is 3.42. The molecule has 2 rings (SSSR count). The lowest BCUT2D eigenvalue weighted by Gasteiger charge is -2.23. The Hall–Kier alpha value is -0.710. The number of rotatable bonds is 4. The van der Waals surface area contributed by atoms with Crippen LogP contribution in [0.5, 0.6) is 0 Å². The molecule has 0 aliphatic heterocycles. The predicted molar refractivity (Wildman–Crippen MR) is 71.9 cm³/mol. The third-order valence-corrected chi connectivity index (χ3v) is 4.75. The molecular weight excluding hydrogens is 236 g/mol. The summed E-state index contributed by atoms with van der Waals surface area (Å²) in [5, 5.41) is 7.35. The Morgan fingerprint density at radius 2 is 2.06 bits per heavy atom. The molecule has 2 N–H and O–H groups in total. The highest BCUT2D eigenvalue weighted by molar-refractivity contribution is 7.10. The van der Waals surface area contributed by atoms with Gasteiger partial charge < -0.3 is 5.73 Å². The molecule has 0 atom stereocenters. The summed E-state index contributed by atoms with van der Waals surface area (Å²) in [6.07, 6.45) is 1.86. The van der Waals surface area contributed by atoms with E-state index in [0.717, 1.165) is 23.5 Å². The van der Waals surface area contributed by atoms with Crippen molar-refractivity contribution in [2.45, 2.75) is 32.2 Å². The van der Waals surface area contributed by atoms with E-state index in [0.29, 0.717) is 0 Å². The molecule has 0 aliphatic carbocycles. The SMILES string of the molecule is CCC(N)(CC)c1nc(-c2ccsc2)cs1. The maximum atomic E-state index is 6.34. The van der Waals surface area contributed by atoms with Crippen LogP contribution in [0.15, 0.2) is 22.2 Å². The van der Waals surface area contributed by atoms with Crippen LogP contribution in [-0.4, -0.2) is 4.98 Å². The van der Waals surface area contributed by atoms with E-state index in [1.807, 2.05) is 0 Å². The molecule has 2 aromatic rings. The summed E-state index contributed by atoms with van der Waals surface area (Å²) in [6, 6.07) is 2.10. The molecule has 0 spiro atoms. The van der Waals surface area contributed by atoms with Gasteiger partial charge in [-0.2, -0.15) is 11.3 Å². The lowest BCUT2D eigenvalue weighted by molar-refractivity contribution is 0.411. The lowest BCUT2D eigenvalue weighted by atomic mass is 9.95. The number of aromatic nitrogens is 1. The fourth-order valence-electron chi connectivity index (χ4n) is 1.60. The first-order valence-electron chi connectivity index (χ1n) is 5.47. The van der Waals surface area contributed by atoms with Crippen LogP contribution in [0.2, 0.25) is 0 Å². The van der Waals surface area contributed by atoms with Gasteiger partial charge in [-0.1, -0.05) is 13.8 Å². The molecule has 0 saturated heterocycles. The fourth-order valence-corrected chi connectivity index (χ4v) is 3.33. The minimum atomic E-state index is -0.251. The van der Waals surface area contributed by atoms with E-state index in [2.05, 4.69) is 41.0 Å². The highest BCUT2D eigenvalue weighted by Gasteiger charge is 2.26. The van der Waals surface area contributed by atoms with Crippen molar-refractivity contribution in [3.05, 3.63) is 27.2 Å². The van der Waals surface area contributed by atoms with Gasteiger partial charge in [0.2, 0.25) is 0 Å². The maximum absolute atomic E-state index is 6.34. The van der Waals surface area contributed by atoms with Crippen LogP contribution >= 0.6 is 22.7 Å². The van der Waals surface area contributed by atoms with E-state index >= 15 is 0 Å². The maximum Gasteiger partial charge on any atom is 0.113 e. The standard InChI is InChI=1S/C12H16N2S2/c1-3-12(13,4-2)11-14-10(8-16-11)9-5-6-15-7-9/h5-8H,3-4,13H2,1-2H3. The van der Waals surface area contributed by atoms with Gasteiger partial charge in [0.05, 0.1) is 11.2 Å². The first-order chi connectivity index (χ1) is 7.69. The van der Waals surface area contributed by atoms with E-state index in [-0.39, 0.29) is 5.54 Å². The average molecular weight is 252 g/mol. The van der Waals surface area contributed by atoms with Gasteiger partial charge in [-0.15, -0.1) is 11.3 Å². The summed E-state index contributed by atoms with van der Waals surface area (Å²) >= 11 is 3.37. The van der Waals surface area contributed by atoms with Gasteiger partial charge in [0.1, 0.15) is 5.01 Å². The van der Waals surface area contributed by atoms with Crippen molar-refractivity contribution in [1.82, 2.24) is 4.98 Å². The van der Waals surface area contributed by atoms with Crippen molar-refractivity contribution < 1.29 is 0 Å². The molecule has 2 heterocycles. The van der Waals surface area contributed by atoms with Crippen molar-refractivity contribution in [2.24, 2.45) is 5.73 Å². The van der Waals surface area contributed by atoms with E-state index < -0.39 is 0 Å². The number of hydrogen-bond acceptors (Lipinski definition) is 4. The quantitative estimate of drug-likeness (QED) is 0.897. The Morgan fingerprint density at radius 1 is 1.31 bits per heavy atom. The molecular formula is C12H16N2S2. The Morgan fingerprint density at radius 3 is 2.62 bits per heavy atom. The van der Waals surface area contributed by atoms with Crippen molar-refractivity contribution >= 4 is 22.7 Å². The van der Waals surface area contributed by atoms with Crippen molar-refractivity contribution in [3.8, 4) is 11.3 Å². The van der Waals surface area contributed by atoms with Crippen LogP contribution in [0.3, 0.4) is 0 Å². The number of thiophene rings is 1. The molecule has 0 saturated carbocycles. The van der Waals surface area contributed by atoms with Crippen LogP contribution in [0.4, 0.5) is 0 Å². The molecule has 0 unspecified atom stereocenters. The smallest absolute Gasteiger partial charge is 0.113 e. The van der Waals surface area contributed by atoms with Crippen molar-refractivity contribution in [2.75, 3.05) is 0 Å². The first kappa shape index (κ1) is 11.8. The van der Waals surface area contributed by atoms with Gasteiger partial charge >= 0.3 is 0 Å². The number of nitrogens with two attached hydrogens (primary N) is 1. The van der Waals surface area contributed by atoms with Crippen LogP contribution in [-0.2, 0) is 5.54 Å². The van der Waals surface area contributed by atoms with E-state index in [4.69, 9.17) is 5.73 Å². The molecule has 2 aromatic heterocycles. The lowest BCUT2D eigenvalue weighted by Crippen LogP contribution is -2.34. The third kappa shape index (κ3) is 2.05. The van der Waals surface area contributed by atoms with E-state index in [1.165, 1.54) is 5.56 Å². The van der Waals surface area contributed by atoms with Crippen LogP contribution in [0.25, 0.3) is 11.3 Å². The molecule has 16 heavy (non-hydrogen) atoms. The number of thiazole rings is 1. The minimum Gasteiger partial charge on any atom is -0.319 e. The zero-order chi connectivity index (χ0) is 11.6. The summed E-state index contributed by atoms with van der Waals surface area (Å²) in [6.45, 7) is 4.24. The van der Waals surface area contributed by atoms with Gasteiger partial charge in [0, 0.05) is 16.3 Å². The molecule has 86 valence electrons. The number of nitrogens with zero attached hydrogens (tertiary/aromatic N) is 1. The molecule has 0 radical (unpaired) electrons. The zero-order valence-corrected chi connectivity index (χ0v) is 11.2. The monoisotopic (exact) mass is 252 g/mol. The molecule has 0 aliphatic rings. The number of hydrogen-bond donors (Lipinski definition) is 1. The summed E-state index contributed by atoms with van der Waals surface area (Å²) in [5.74, 6) is 0. The van der Waals surface area contributed by atoms with Crippen LogP contribution in [0.1, 0.15) is 31.7 Å². The Labute approximate surface area is 104 Å². The Bertz CT molecular complexity index is 441. The summed E-state index contributed by atoms with van der Waals surface area (Å²) < 4.78 is 0. The Balaban J connectivity index is 2.33. The fraction of sp³-hybridized carbons (Fsp3) is 0.417. The highest BCUT2D eigenvalue weighted by atomic mass is 32.1. The topological polar surface area (TPSA) is 38.9 Å². The normalized spacial score (nSPS) is 11.9. The molecule has 4 heteroatoms. The molecule has 0 amide bonds. The second-order valence-electron chi connectivity index (χ2n) is 3.91. The average Bonchev–Trinajstić information content (AvgIpc) is 2.97. The highest BCUT2D eigenvalue weighted by Crippen LogP contribution is 2.32. The van der Waals surface area contributed by atoms with E-state index in [1.54, 1.807) is 22.7 Å². The van der Waals surface area contributed by atoms with Gasteiger partial charge in [-0.3, -0.25) is 0 Å². The summed E-state index contributed by atoms with van der Waals surface area (Å²) in [7, 11) is 0. The summed E-state index contributed by atoms with van der Waals surface area (Å²) in [4.78, 5) is 4.67. The van der Waals surface area contributed by atoms with Crippen molar-refractivity contribution in [3.63, 3.8) is 0 Å². The molecule has 2 nitrogen and oxygen atoms in total. The largest absolute Gasteiger partial charge is 0.319 e. The van der Waals surface area contributed by atoms with Crippen molar-refractivity contribution in [1.29, 1.82) is 0 Å². The van der Waals surface area contributed by atoms with Gasteiger partial charge in [-0.25, -0.2) is 4.98 Å². The van der Waals surface area contributed by atoms with Gasteiger partial charge in [-0.05, 0) is 24.3 Å². The zero-order valence-electron chi connectivity index (χ0n) is 9.56.